The maximum Gasteiger partial charge on any atom is 0.236 e. The second-order valence-corrected chi connectivity index (χ2v) is 7.78. The van der Waals surface area contributed by atoms with Crippen molar-refractivity contribution in [3.8, 4) is 0 Å². The smallest absolute Gasteiger partial charge is 0.236 e. The average molecular weight is 424 g/mol. The summed E-state index contributed by atoms with van der Waals surface area (Å²) >= 11 is 0. The van der Waals surface area contributed by atoms with Crippen LogP contribution in [0.15, 0.2) is 0 Å². The van der Waals surface area contributed by atoms with Gasteiger partial charge in [-0.2, -0.15) is 0 Å². The predicted octanol–water partition coefficient (Wildman–Crippen LogP) is 0.266. The highest BCUT2D eigenvalue weighted by Gasteiger charge is 2.34. The van der Waals surface area contributed by atoms with E-state index in [1.165, 1.54) is 0 Å². The van der Waals surface area contributed by atoms with Gasteiger partial charge in [0.1, 0.15) is 0 Å². The number of hydrogen-bond donors (Lipinski definition) is 1. The number of piperidine rings is 2. The lowest BCUT2D eigenvalue weighted by molar-refractivity contribution is -0.139. The summed E-state index contributed by atoms with van der Waals surface area (Å²) in [5, 5.41) is 0. The van der Waals surface area contributed by atoms with Gasteiger partial charge in [0.05, 0.1) is 12.5 Å². The van der Waals surface area contributed by atoms with E-state index in [0.29, 0.717) is 11.9 Å². The Balaban J connectivity index is 0.00000182. The highest BCUT2D eigenvalue weighted by molar-refractivity contribution is 5.85. The molecule has 3 rings (SSSR count). The summed E-state index contributed by atoms with van der Waals surface area (Å²) in [7, 11) is 2.12. The first-order valence-electron chi connectivity index (χ1n) is 9.77. The summed E-state index contributed by atoms with van der Waals surface area (Å²) in [6.07, 6.45) is 4.13. The Morgan fingerprint density at radius 1 is 0.889 bits per heavy atom. The fourth-order valence-electron chi connectivity index (χ4n) is 4.43. The Hall–Kier alpha value is -0.600. The largest absolute Gasteiger partial charge is 0.341 e. The predicted molar refractivity (Wildman–Crippen MR) is 112 cm³/mol. The van der Waals surface area contributed by atoms with Crippen molar-refractivity contribution in [2.24, 2.45) is 11.7 Å². The van der Waals surface area contributed by atoms with E-state index in [1.807, 2.05) is 4.90 Å². The third-order valence-corrected chi connectivity index (χ3v) is 6.13. The third-order valence-electron chi connectivity index (χ3n) is 6.13. The number of likely N-dealkylation sites (tertiary alicyclic amines) is 2. The molecule has 27 heavy (non-hydrogen) atoms. The van der Waals surface area contributed by atoms with Crippen molar-refractivity contribution in [2.75, 3.05) is 66.0 Å². The van der Waals surface area contributed by atoms with E-state index in [2.05, 4.69) is 21.7 Å². The topological polar surface area (TPSA) is 73.1 Å². The lowest BCUT2D eigenvalue weighted by atomic mass is 9.92. The van der Waals surface area contributed by atoms with Crippen LogP contribution >= 0.6 is 24.8 Å². The number of nitrogens with two attached hydrogens (primary N) is 1. The zero-order chi connectivity index (χ0) is 17.8. The quantitative estimate of drug-likeness (QED) is 0.704. The van der Waals surface area contributed by atoms with E-state index in [1.54, 1.807) is 0 Å². The van der Waals surface area contributed by atoms with E-state index in [9.17, 15) is 9.59 Å². The molecule has 1 atom stereocenters. The number of carbonyl (C=O) groups is 2. The van der Waals surface area contributed by atoms with Crippen molar-refractivity contribution >= 4 is 36.6 Å². The molecule has 3 aliphatic heterocycles. The molecule has 3 fully saturated rings. The Morgan fingerprint density at radius 2 is 1.52 bits per heavy atom. The second-order valence-electron chi connectivity index (χ2n) is 7.78. The van der Waals surface area contributed by atoms with Gasteiger partial charge >= 0.3 is 0 Å². The molecule has 1 unspecified atom stereocenters. The summed E-state index contributed by atoms with van der Waals surface area (Å²) in [4.78, 5) is 33.3. The lowest BCUT2D eigenvalue weighted by Crippen LogP contribution is -2.54. The number of rotatable bonds is 3. The maximum absolute atomic E-state index is 12.9. The van der Waals surface area contributed by atoms with Crippen molar-refractivity contribution in [3.05, 3.63) is 0 Å². The fourth-order valence-corrected chi connectivity index (χ4v) is 4.43. The highest BCUT2D eigenvalue weighted by atomic mass is 35.5. The summed E-state index contributed by atoms with van der Waals surface area (Å²) in [6, 6.07) is 0.505. The number of hydrogen-bond acceptors (Lipinski definition) is 5. The molecule has 0 bridgehead atoms. The number of carbonyl (C=O) groups excluding carboxylic acids is 2. The van der Waals surface area contributed by atoms with Crippen LogP contribution in [0.3, 0.4) is 0 Å². The van der Waals surface area contributed by atoms with Gasteiger partial charge in [-0.25, -0.2) is 0 Å². The van der Waals surface area contributed by atoms with Gasteiger partial charge in [-0.1, -0.05) is 0 Å². The van der Waals surface area contributed by atoms with E-state index in [0.717, 1.165) is 78.0 Å². The van der Waals surface area contributed by atoms with E-state index < -0.39 is 0 Å². The van der Waals surface area contributed by atoms with Gasteiger partial charge in [0, 0.05) is 51.9 Å². The minimum Gasteiger partial charge on any atom is -0.341 e. The van der Waals surface area contributed by atoms with E-state index in [4.69, 9.17) is 5.73 Å². The van der Waals surface area contributed by atoms with Gasteiger partial charge in [0.25, 0.3) is 0 Å². The number of likely N-dealkylation sites (N-methyl/N-ethyl adjacent to an activating group) is 1. The maximum atomic E-state index is 12.9. The summed E-state index contributed by atoms with van der Waals surface area (Å²) in [5.74, 6) is 0.564. The van der Waals surface area contributed by atoms with Gasteiger partial charge in [0.15, 0.2) is 0 Å². The molecule has 3 saturated heterocycles. The molecule has 3 aliphatic rings. The van der Waals surface area contributed by atoms with Crippen LogP contribution in [0, 0.1) is 5.92 Å². The standard InChI is InChI=1S/C18H33N5O2.2ClH/c1-20-9-11-22(12-10-20)18(25)15-3-2-6-23(14-15)16-4-7-21(8-5-16)17(24)13-19;;/h15-16H,2-14,19H2,1H3;2*1H. The van der Waals surface area contributed by atoms with Crippen LogP contribution in [0.2, 0.25) is 0 Å². The van der Waals surface area contributed by atoms with E-state index in [-0.39, 0.29) is 43.2 Å². The zero-order valence-corrected chi connectivity index (χ0v) is 18.0. The molecule has 9 heteroatoms. The summed E-state index contributed by atoms with van der Waals surface area (Å²) in [5.41, 5.74) is 5.46. The van der Waals surface area contributed by atoms with Crippen LogP contribution in [0.4, 0.5) is 0 Å². The number of halogens is 2. The lowest BCUT2D eigenvalue weighted by Gasteiger charge is -2.43. The van der Waals surface area contributed by atoms with Crippen molar-refractivity contribution in [1.29, 1.82) is 0 Å². The fraction of sp³-hybridized carbons (Fsp3) is 0.889. The van der Waals surface area contributed by atoms with Gasteiger partial charge in [-0.05, 0) is 39.3 Å². The van der Waals surface area contributed by atoms with Crippen LogP contribution in [0.5, 0.6) is 0 Å². The van der Waals surface area contributed by atoms with Crippen molar-refractivity contribution in [1.82, 2.24) is 19.6 Å². The monoisotopic (exact) mass is 423 g/mol. The highest BCUT2D eigenvalue weighted by Crippen LogP contribution is 2.25. The number of nitrogens with zero attached hydrogens (tertiary/aromatic N) is 4. The minimum atomic E-state index is 0. The van der Waals surface area contributed by atoms with Crippen LogP contribution in [0.25, 0.3) is 0 Å². The average Bonchev–Trinajstić information content (AvgIpc) is 2.67. The van der Waals surface area contributed by atoms with Gasteiger partial charge in [-0.3, -0.25) is 14.5 Å². The molecular weight excluding hydrogens is 389 g/mol. The summed E-state index contributed by atoms with van der Waals surface area (Å²) in [6.45, 7) is 7.38. The summed E-state index contributed by atoms with van der Waals surface area (Å²) < 4.78 is 0. The first-order valence-corrected chi connectivity index (χ1v) is 9.77. The van der Waals surface area contributed by atoms with Crippen LogP contribution in [-0.4, -0.2) is 103 Å². The molecule has 7 nitrogen and oxygen atoms in total. The molecule has 3 heterocycles. The van der Waals surface area contributed by atoms with Crippen LogP contribution in [0.1, 0.15) is 25.7 Å². The molecule has 0 aromatic heterocycles. The van der Waals surface area contributed by atoms with Crippen LogP contribution in [-0.2, 0) is 9.59 Å². The Bertz CT molecular complexity index is 480. The minimum absolute atomic E-state index is 0. The Morgan fingerprint density at radius 3 is 2.11 bits per heavy atom. The molecule has 2 N–H and O–H groups in total. The Kier molecular flexibility index (Phi) is 10.3. The second kappa shape index (κ2) is 11.4. The van der Waals surface area contributed by atoms with Crippen LogP contribution < -0.4 is 5.73 Å². The first kappa shape index (κ1) is 24.4. The zero-order valence-electron chi connectivity index (χ0n) is 16.3. The van der Waals surface area contributed by atoms with Gasteiger partial charge in [0.2, 0.25) is 11.8 Å². The Labute approximate surface area is 175 Å². The van der Waals surface area contributed by atoms with Crippen molar-refractivity contribution in [3.63, 3.8) is 0 Å². The molecule has 0 saturated carbocycles. The van der Waals surface area contributed by atoms with Crippen molar-refractivity contribution < 1.29 is 9.59 Å². The molecule has 158 valence electrons. The molecule has 0 spiro atoms. The molecule has 2 amide bonds. The van der Waals surface area contributed by atoms with Gasteiger partial charge < -0.3 is 20.4 Å². The number of piperazine rings is 1. The number of amides is 2. The molecule has 0 aromatic carbocycles. The molecule has 0 aromatic rings. The van der Waals surface area contributed by atoms with E-state index >= 15 is 0 Å². The normalized spacial score (nSPS) is 25.5. The SMILES string of the molecule is CN1CCN(C(=O)C2CCCN(C3CCN(C(=O)CN)CC3)C2)CC1.Cl.Cl. The van der Waals surface area contributed by atoms with Crippen molar-refractivity contribution in [2.45, 2.75) is 31.7 Å². The first-order chi connectivity index (χ1) is 12.1. The molecular formula is C18H35Cl2N5O2. The third kappa shape index (κ3) is 6.19. The molecule has 0 aliphatic carbocycles. The molecule has 0 radical (unpaired) electrons. The van der Waals surface area contributed by atoms with Gasteiger partial charge in [-0.15, -0.1) is 24.8 Å².